The maximum absolute atomic E-state index is 6.40. The van der Waals surface area contributed by atoms with Crippen LogP contribution in [0.4, 0.5) is 5.82 Å². The van der Waals surface area contributed by atoms with Crippen LogP contribution in [0.1, 0.15) is 90.1 Å². The van der Waals surface area contributed by atoms with Crippen LogP contribution in [0.2, 0.25) is 0 Å². The number of hydrogen-bond donors (Lipinski definition) is 1. The fraction of sp³-hybridized carbons (Fsp3) is 0.812. The van der Waals surface area contributed by atoms with Crippen molar-refractivity contribution in [3.05, 3.63) is 11.5 Å². The Labute approximate surface area is 117 Å². The molecule has 0 amide bonds. The Morgan fingerprint density at radius 2 is 1.74 bits per heavy atom. The number of rotatable bonds is 2. The summed E-state index contributed by atoms with van der Waals surface area (Å²) in [7, 11) is 0. The van der Waals surface area contributed by atoms with E-state index >= 15 is 0 Å². The molecule has 1 saturated carbocycles. The summed E-state index contributed by atoms with van der Waals surface area (Å²) in [6.45, 7) is 11.0. The highest BCUT2D eigenvalue weighted by atomic mass is 15.2. The van der Waals surface area contributed by atoms with E-state index in [4.69, 9.17) is 10.7 Å². The van der Waals surface area contributed by atoms with Crippen LogP contribution in [0.15, 0.2) is 0 Å². The minimum Gasteiger partial charge on any atom is -0.384 e. The van der Waals surface area contributed by atoms with Crippen molar-refractivity contribution in [2.24, 2.45) is 0 Å². The van der Waals surface area contributed by atoms with E-state index in [2.05, 4.69) is 39.2 Å². The summed E-state index contributed by atoms with van der Waals surface area (Å²) in [5.74, 6) is 3.10. The maximum atomic E-state index is 6.40. The van der Waals surface area contributed by atoms with Crippen LogP contribution in [0.3, 0.4) is 0 Å². The highest BCUT2D eigenvalue weighted by Crippen LogP contribution is 2.38. The molecule has 0 radical (unpaired) electrons. The van der Waals surface area contributed by atoms with Gasteiger partial charge in [-0.25, -0.2) is 4.98 Å². The monoisotopic (exact) mass is 263 g/mol. The summed E-state index contributed by atoms with van der Waals surface area (Å²) >= 11 is 0. The zero-order valence-corrected chi connectivity index (χ0v) is 13.2. The van der Waals surface area contributed by atoms with Gasteiger partial charge in [0, 0.05) is 11.5 Å². The molecule has 2 N–H and O–H groups in total. The van der Waals surface area contributed by atoms with Crippen LogP contribution < -0.4 is 5.73 Å². The van der Waals surface area contributed by atoms with Gasteiger partial charge in [0.05, 0.1) is 5.69 Å². The van der Waals surface area contributed by atoms with Crippen molar-refractivity contribution in [1.29, 1.82) is 0 Å². The first-order valence-electron chi connectivity index (χ1n) is 7.71. The Bertz CT molecular complexity index is 432. The second-order valence-electron chi connectivity index (χ2n) is 7.24. The molecule has 2 rings (SSSR count). The van der Waals surface area contributed by atoms with Gasteiger partial charge in [-0.3, -0.25) is 0 Å². The molecule has 0 spiro atoms. The number of aromatic nitrogens is 2. The van der Waals surface area contributed by atoms with Gasteiger partial charge in [0.25, 0.3) is 0 Å². The number of nitrogens with two attached hydrogens (primary N) is 1. The van der Waals surface area contributed by atoms with E-state index in [9.17, 15) is 0 Å². The molecule has 1 aliphatic carbocycles. The Balaban J connectivity index is 2.48. The van der Waals surface area contributed by atoms with Gasteiger partial charge in [-0.1, -0.05) is 33.1 Å². The third-order valence-electron chi connectivity index (χ3n) is 4.16. The molecule has 0 atom stereocenters. The number of hydrogen-bond acceptors (Lipinski definition) is 2. The predicted octanol–water partition coefficient (Wildman–Crippen LogP) is 4.39. The highest BCUT2D eigenvalue weighted by Gasteiger charge is 2.29. The van der Waals surface area contributed by atoms with Gasteiger partial charge in [-0.05, 0) is 39.5 Å². The van der Waals surface area contributed by atoms with E-state index in [1.54, 1.807) is 0 Å². The Kier molecular flexibility index (Phi) is 3.93. The largest absolute Gasteiger partial charge is 0.384 e. The molecule has 1 heterocycles. The van der Waals surface area contributed by atoms with Crippen molar-refractivity contribution >= 4 is 5.82 Å². The first kappa shape index (κ1) is 14.4. The molecule has 3 nitrogen and oxygen atoms in total. The second-order valence-corrected chi connectivity index (χ2v) is 7.24. The van der Waals surface area contributed by atoms with Crippen LogP contribution in [-0.4, -0.2) is 9.55 Å². The molecule has 0 aliphatic heterocycles. The molecule has 1 aromatic rings. The van der Waals surface area contributed by atoms with Gasteiger partial charge in [-0.2, -0.15) is 0 Å². The molecule has 1 aromatic heterocycles. The Hall–Kier alpha value is -0.990. The van der Waals surface area contributed by atoms with E-state index < -0.39 is 0 Å². The van der Waals surface area contributed by atoms with Gasteiger partial charge in [0.1, 0.15) is 11.6 Å². The molecular formula is C16H29N3. The van der Waals surface area contributed by atoms with Gasteiger partial charge >= 0.3 is 0 Å². The number of nitrogens with zero attached hydrogens (tertiary/aromatic N) is 2. The zero-order valence-electron chi connectivity index (χ0n) is 13.2. The predicted molar refractivity (Wildman–Crippen MR) is 81.6 cm³/mol. The van der Waals surface area contributed by atoms with Crippen LogP contribution in [0.25, 0.3) is 0 Å². The lowest BCUT2D eigenvalue weighted by molar-refractivity contribution is 0.349. The van der Waals surface area contributed by atoms with Gasteiger partial charge in [0.15, 0.2) is 0 Å². The fourth-order valence-corrected chi connectivity index (χ4v) is 3.23. The number of anilines is 1. The van der Waals surface area contributed by atoms with Crippen molar-refractivity contribution < 1.29 is 0 Å². The normalized spacial score (nSPS) is 18.2. The minimum atomic E-state index is 0.0109. The van der Waals surface area contributed by atoms with Crippen molar-refractivity contribution in [2.45, 2.75) is 84.1 Å². The Morgan fingerprint density at radius 1 is 1.16 bits per heavy atom. The van der Waals surface area contributed by atoms with Crippen LogP contribution >= 0.6 is 0 Å². The van der Waals surface area contributed by atoms with Gasteiger partial charge in [0.2, 0.25) is 0 Å². The van der Waals surface area contributed by atoms with Crippen LogP contribution in [0.5, 0.6) is 0 Å². The average Bonchev–Trinajstić information content (AvgIpc) is 2.68. The lowest BCUT2D eigenvalue weighted by Gasteiger charge is -2.29. The molecular weight excluding hydrogens is 234 g/mol. The summed E-state index contributed by atoms with van der Waals surface area (Å²) in [4.78, 5) is 4.94. The van der Waals surface area contributed by atoms with Crippen molar-refractivity contribution in [2.75, 3.05) is 5.73 Å². The molecule has 0 unspecified atom stereocenters. The average molecular weight is 263 g/mol. The lowest BCUT2D eigenvalue weighted by Crippen LogP contribution is -2.27. The summed E-state index contributed by atoms with van der Waals surface area (Å²) in [5.41, 5.74) is 7.49. The number of imidazole rings is 1. The van der Waals surface area contributed by atoms with E-state index in [0.717, 1.165) is 11.5 Å². The van der Waals surface area contributed by atoms with Crippen molar-refractivity contribution in [3.63, 3.8) is 0 Å². The molecule has 0 aromatic carbocycles. The molecule has 1 aliphatic rings. The first-order chi connectivity index (χ1) is 8.82. The third kappa shape index (κ3) is 2.80. The Morgan fingerprint density at radius 3 is 2.21 bits per heavy atom. The van der Waals surface area contributed by atoms with E-state index in [1.165, 1.54) is 37.9 Å². The smallest absolute Gasteiger partial charge is 0.127 e. The van der Waals surface area contributed by atoms with E-state index in [1.807, 2.05) is 0 Å². The van der Waals surface area contributed by atoms with Gasteiger partial charge in [-0.15, -0.1) is 0 Å². The van der Waals surface area contributed by atoms with Crippen molar-refractivity contribution in [1.82, 2.24) is 9.55 Å². The summed E-state index contributed by atoms with van der Waals surface area (Å²) < 4.78 is 2.29. The van der Waals surface area contributed by atoms with E-state index in [-0.39, 0.29) is 5.54 Å². The molecule has 1 fully saturated rings. The van der Waals surface area contributed by atoms with Gasteiger partial charge < -0.3 is 10.3 Å². The SMILES string of the molecule is CC(C)c1nc(C2CCCCC2)n(C(C)(C)C)c1N. The highest BCUT2D eigenvalue weighted by molar-refractivity contribution is 5.42. The molecule has 19 heavy (non-hydrogen) atoms. The second kappa shape index (κ2) is 5.18. The third-order valence-corrected chi connectivity index (χ3v) is 4.16. The molecule has 0 bridgehead atoms. The maximum Gasteiger partial charge on any atom is 0.127 e. The van der Waals surface area contributed by atoms with E-state index in [0.29, 0.717) is 11.8 Å². The van der Waals surface area contributed by atoms with Crippen LogP contribution in [-0.2, 0) is 5.54 Å². The molecule has 0 saturated heterocycles. The summed E-state index contributed by atoms with van der Waals surface area (Å²) in [6, 6.07) is 0. The quantitative estimate of drug-likeness (QED) is 0.860. The summed E-state index contributed by atoms with van der Waals surface area (Å²) in [6.07, 6.45) is 6.57. The lowest BCUT2D eigenvalue weighted by atomic mass is 9.88. The zero-order chi connectivity index (χ0) is 14.2. The topological polar surface area (TPSA) is 43.8 Å². The fourth-order valence-electron chi connectivity index (χ4n) is 3.23. The molecule has 3 heteroatoms. The van der Waals surface area contributed by atoms with Crippen LogP contribution in [0, 0.1) is 0 Å². The van der Waals surface area contributed by atoms with Crippen molar-refractivity contribution in [3.8, 4) is 0 Å². The first-order valence-corrected chi connectivity index (χ1v) is 7.71. The standard InChI is InChI=1S/C16H29N3/c1-11(2)13-14(17)19(16(3,4)5)15(18-13)12-9-7-6-8-10-12/h11-12H,6-10,17H2,1-5H3. The number of nitrogen functional groups attached to an aromatic ring is 1. The summed E-state index contributed by atoms with van der Waals surface area (Å²) in [5, 5.41) is 0. The molecule has 108 valence electrons. The minimum absolute atomic E-state index is 0.0109.